The van der Waals surface area contributed by atoms with Gasteiger partial charge in [-0.15, -0.1) is 0 Å². The molecule has 1 saturated heterocycles. The molecular weight excluding hydrogens is 254 g/mol. The fraction of sp³-hybridized carbons (Fsp3) is 1.00. The fourth-order valence-corrected chi connectivity index (χ4v) is 4.00. The zero-order valence-corrected chi connectivity index (χ0v) is 13.7. The highest BCUT2D eigenvalue weighted by molar-refractivity contribution is 7.99. The molecule has 0 aromatic rings. The summed E-state index contributed by atoms with van der Waals surface area (Å²) in [5, 5.41) is 3.69. The Kier molecular flexibility index (Phi) is 6.04. The van der Waals surface area contributed by atoms with Crippen molar-refractivity contribution < 1.29 is 4.74 Å². The van der Waals surface area contributed by atoms with Crippen molar-refractivity contribution in [2.45, 2.75) is 65.0 Å². The summed E-state index contributed by atoms with van der Waals surface area (Å²) >= 11 is 2.08. The fourth-order valence-electron chi connectivity index (χ4n) is 3.37. The quantitative estimate of drug-likeness (QED) is 0.653. The molecule has 2 atom stereocenters. The first-order valence-corrected chi connectivity index (χ1v) is 9.26. The minimum Gasteiger partial charge on any atom is -0.377 e. The van der Waals surface area contributed by atoms with Crippen LogP contribution < -0.4 is 5.32 Å². The molecule has 1 aliphatic carbocycles. The van der Waals surface area contributed by atoms with Gasteiger partial charge in [-0.2, -0.15) is 11.8 Å². The molecule has 1 heterocycles. The molecule has 0 aromatic heterocycles. The Morgan fingerprint density at radius 3 is 2.79 bits per heavy atom. The van der Waals surface area contributed by atoms with Gasteiger partial charge in [0.05, 0.1) is 6.10 Å². The van der Waals surface area contributed by atoms with Crippen LogP contribution in [0.1, 0.15) is 52.9 Å². The molecule has 2 fully saturated rings. The van der Waals surface area contributed by atoms with E-state index in [1.165, 1.54) is 43.6 Å². The lowest BCUT2D eigenvalue weighted by Gasteiger charge is -2.35. The highest BCUT2D eigenvalue weighted by atomic mass is 32.2. The van der Waals surface area contributed by atoms with E-state index < -0.39 is 0 Å². The molecule has 1 saturated carbocycles. The smallest absolute Gasteiger partial charge is 0.0672 e. The lowest BCUT2D eigenvalue weighted by molar-refractivity contribution is 0.0255. The maximum atomic E-state index is 6.14. The first-order chi connectivity index (χ1) is 9.18. The number of ether oxygens (including phenoxy) is 1. The summed E-state index contributed by atoms with van der Waals surface area (Å²) in [6, 6.07) is 0.586. The number of thioether (sulfide) groups is 1. The highest BCUT2D eigenvalue weighted by Crippen LogP contribution is 2.50. The van der Waals surface area contributed by atoms with E-state index in [-0.39, 0.29) is 0 Å². The highest BCUT2D eigenvalue weighted by Gasteiger charge is 2.50. The summed E-state index contributed by atoms with van der Waals surface area (Å²) < 4.78 is 6.14. The predicted octanol–water partition coefficient (Wildman–Crippen LogP) is 3.70. The van der Waals surface area contributed by atoms with Crippen LogP contribution in [0.5, 0.6) is 0 Å². The Balaban J connectivity index is 1.90. The Hall–Kier alpha value is 0.270. The largest absolute Gasteiger partial charge is 0.377 e. The SMILES string of the molecule is CCSCCCC1(CNC(C)C)CCOC1C1CC1. The van der Waals surface area contributed by atoms with E-state index in [9.17, 15) is 0 Å². The molecular formula is C16H31NOS. The van der Waals surface area contributed by atoms with Crippen molar-refractivity contribution >= 4 is 11.8 Å². The van der Waals surface area contributed by atoms with Gasteiger partial charge in [0.1, 0.15) is 0 Å². The predicted molar refractivity (Wildman–Crippen MR) is 84.9 cm³/mol. The van der Waals surface area contributed by atoms with E-state index in [4.69, 9.17) is 4.74 Å². The minimum atomic E-state index is 0.430. The van der Waals surface area contributed by atoms with Crippen molar-refractivity contribution in [3.05, 3.63) is 0 Å². The molecule has 3 heteroatoms. The Morgan fingerprint density at radius 1 is 1.37 bits per heavy atom. The van der Waals surface area contributed by atoms with Crippen LogP contribution in [0.4, 0.5) is 0 Å². The number of rotatable bonds is 9. The van der Waals surface area contributed by atoms with Gasteiger partial charge in [0.2, 0.25) is 0 Å². The zero-order chi connectivity index (χ0) is 13.7. The van der Waals surface area contributed by atoms with E-state index in [1.54, 1.807) is 0 Å². The van der Waals surface area contributed by atoms with Crippen LogP contribution >= 0.6 is 11.8 Å². The van der Waals surface area contributed by atoms with Crippen LogP contribution in [0, 0.1) is 11.3 Å². The summed E-state index contributed by atoms with van der Waals surface area (Å²) in [5.41, 5.74) is 0.430. The van der Waals surface area contributed by atoms with E-state index >= 15 is 0 Å². The van der Waals surface area contributed by atoms with Crippen molar-refractivity contribution in [1.82, 2.24) is 5.32 Å². The van der Waals surface area contributed by atoms with Crippen LogP contribution in [0.25, 0.3) is 0 Å². The maximum absolute atomic E-state index is 6.14. The molecule has 0 aromatic carbocycles. The first-order valence-electron chi connectivity index (χ1n) is 8.10. The molecule has 2 unspecified atom stereocenters. The van der Waals surface area contributed by atoms with Crippen LogP contribution in [0.15, 0.2) is 0 Å². The van der Waals surface area contributed by atoms with Crippen molar-refractivity contribution in [3.8, 4) is 0 Å². The summed E-state index contributed by atoms with van der Waals surface area (Å²) in [5.74, 6) is 3.44. The van der Waals surface area contributed by atoms with Crippen molar-refractivity contribution in [2.24, 2.45) is 11.3 Å². The van der Waals surface area contributed by atoms with Crippen LogP contribution in [0.3, 0.4) is 0 Å². The molecule has 1 N–H and O–H groups in total. The van der Waals surface area contributed by atoms with E-state index in [0.29, 0.717) is 17.6 Å². The average Bonchev–Trinajstić information content (AvgIpc) is 3.14. The molecule has 2 rings (SSSR count). The second-order valence-corrected chi connectivity index (χ2v) is 7.97. The second kappa shape index (κ2) is 7.33. The molecule has 0 bridgehead atoms. The lowest BCUT2D eigenvalue weighted by atomic mass is 9.75. The van der Waals surface area contributed by atoms with Gasteiger partial charge in [-0.3, -0.25) is 0 Å². The van der Waals surface area contributed by atoms with Crippen LogP contribution in [-0.4, -0.2) is 36.8 Å². The average molecular weight is 285 g/mol. The van der Waals surface area contributed by atoms with Gasteiger partial charge in [-0.1, -0.05) is 20.8 Å². The van der Waals surface area contributed by atoms with Gasteiger partial charge in [-0.25, -0.2) is 0 Å². The number of nitrogens with one attached hydrogen (secondary N) is 1. The summed E-state index contributed by atoms with van der Waals surface area (Å²) in [6.07, 6.45) is 7.32. The lowest BCUT2D eigenvalue weighted by Crippen LogP contribution is -2.44. The Labute approximate surface area is 123 Å². The van der Waals surface area contributed by atoms with E-state index in [0.717, 1.165) is 19.1 Å². The molecule has 19 heavy (non-hydrogen) atoms. The summed E-state index contributed by atoms with van der Waals surface area (Å²) in [6.45, 7) is 8.90. The monoisotopic (exact) mass is 285 g/mol. The zero-order valence-electron chi connectivity index (χ0n) is 12.9. The Bertz CT molecular complexity index is 267. The number of hydrogen-bond donors (Lipinski definition) is 1. The summed E-state index contributed by atoms with van der Waals surface area (Å²) in [7, 11) is 0. The minimum absolute atomic E-state index is 0.430. The van der Waals surface area contributed by atoms with Gasteiger partial charge >= 0.3 is 0 Å². The van der Waals surface area contributed by atoms with Crippen molar-refractivity contribution in [2.75, 3.05) is 24.7 Å². The van der Waals surface area contributed by atoms with E-state index in [2.05, 4.69) is 37.8 Å². The number of hydrogen-bond acceptors (Lipinski definition) is 3. The van der Waals surface area contributed by atoms with Gasteiger partial charge < -0.3 is 10.1 Å². The summed E-state index contributed by atoms with van der Waals surface area (Å²) in [4.78, 5) is 0. The standard InChI is InChI=1S/C16H31NOS/c1-4-19-11-5-8-16(12-17-13(2)3)9-10-18-15(16)14-6-7-14/h13-15,17H,4-12H2,1-3H3. The molecule has 112 valence electrons. The maximum Gasteiger partial charge on any atom is 0.0672 e. The molecule has 0 amide bonds. The molecule has 1 aliphatic heterocycles. The molecule has 0 radical (unpaired) electrons. The van der Waals surface area contributed by atoms with Gasteiger partial charge in [0.15, 0.2) is 0 Å². The van der Waals surface area contributed by atoms with E-state index in [1.807, 2.05) is 0 Å². The van der Waals surface area contributed by atoms with Gasteiger partial charge in [0, 0.05) is 24.6 Å². The molecule has 0 spiro atoms. The van der Waals surface area contributed by atoms with Crippen molar-refractivity contribution in [1.29, 1.82) is 0 Å². The van der Waals surface area contributed by atoms with Crippen LogP contribution in [-0.2, 0) is 4.74 Å². The van der Waals surface area contributed by atoms with Gasteiger partial charge in [-0.05, 0) is 49.5 Å². The molecule has 2 nitrogen and oxygen atoms in total. The third kappa shape index (κ3) is 4.37. The second-order valence-electron chi connectivity index (χ2n) is 6.58. The third-order valence-corrected chi connectivity index (χ3v) is 5.57. The van der Waals surface area contributed by atoms with Gasteiger partial charge in [0.25, 0.3) is 0 Å². The Morgan fingerprint density at radius 2 is 2.16 bits per heavy atom. The first kappa shape index (κ1) is 15.7. The normalized spacial score (nSPS) is 31.3. The van der Waals surface area contributed by atoms with Crippen LogP contribution in [0.2, 0.25) is 0 Å². The topological polar surface area (TPSA) is 21.3 Å². The van der Waals surface area contributed by atoms with Crippen molar-refractivity contribution in [3.63, 3.8) is 0 Å². The molecule has 2 aliphatic rings. The third-order valence-electron chi connectivity index (χ3n) is 4.58.